The van der Waals surface area contributed by atoms with E-state index in [1.807, 2.05) is 25.1 Å². The Labute approximate surface area is 175 Å². The third kappa shape index (κ3) is 3.65. The van der Waals surface area contributed by atoms with Crippen LogP contribution in [0, 0.1) is 5.82 Å². The van der Waals surface area contributed by atoms with Crippen molar-refractivity contribution in [1.82, 2.24) is 9.80 Å². The first-order valence-electron chi connectivity index (χ1n) is 10.3. The molecule has 2 aromatic carbocycles. The molecule has 4 rings (SSSR count). The fraction of sp³-hybridized carbons (Fsp3) is 0.391. The van der Waals surface area contributed by atoms with E-state index in [4.69, 9.17) is 4.74 Å². The molecule has 0 aromatic heterocycles. The summed E-state index contributed by atoms with van der Waals surface area (Å²) in [6, 6.07) is 13.8. The number of halogens is 1. The number of anilines is 1. The van der Waals surface area contributed by atoms with Crippen molar-refractivity contribution >= 4 is 17.5 Å². The second-order valence-electron chi connectivity index (χ2n) is 7.85. The maximum Gasteiger partial charge on any atom is 0.280 e. The van der Waals surface area contributed by atoms with Crippen molar-refractivity contribution in [2.75, 3.05) is 37.6 Å². The summed E-state index contributed by atoms with van der Waals surface area (Å²) in [5.41, 5.74) is 0.159. The summed E-state index contributed by atoms with van der Waals surface area (Å²) < 4.78 is 19.1. The van der Waals surface area contributed by atoms with Gasteiger partial charge in [-0.3, -0.25) is 14.5 Å². The third-order valence-electron chi connectivity index (χ3n) is 5.83. The summed E-state index contributed by atoms with van der Waals surface area (Å²) in [5, 5.41) is 0. The number of fused-ring (bicyclic) bond motifs is 1. The summed E-state index contributed by atoms with van der Waals surface area (Å²) in [5.74, 6) is -0.337. The van der Waals surface area contributed by atoms with Crippen molar-refractivity contribution in [1.29, 1.82) is 0 Å². The summed E-state index contributed by atoms with van der Waals surface area (Å²) in [6.45, 7) is 7.02. The Morgan fingerprint density at radius 1 is 1.07 bits per heavy atom. The number of hydrogen-bond donors (Lipinski definition) is 0. The molecule has 0 N–H and O–H groups in total. The lowest BCUT2D eigenvalue weighted by Gasteiger charge is -2.43. The normalized spacial score (nSPS) is 21.9. The van der Waals surface area contributed by atoms with E-state index in [0.29, 0.717) is 50.7 Å². The molecule has 158 valence electrons. The number of likely N-dealkylation sites (N-methyl/N-ethyl adjacent to an activating group) is 1. The van der Waals surface area contributed by atoms with Gasteiger partial charge in [-0.25, -0.2) is 4.39 Å². The van der Waals surface area contributed by atoms with Gasteiger partial charge in [0.15, 0.2) is 0 Å². The molecule has 1 unspecified atom stereocenters. The van der Waals surface area contributed by atoms with Crippen LogP contribution < -0.4 is 9.64 Å². The largest absolute Gasteiger partial charge is 0.465 e. The van der Waals surface area contributed by atoms with E-state index in [1.54, 1.807) is 34.9 Å². The van der Waals surface area contributed by atoms with E-state index in [0.717, 1.165) is 5.56 Å². The van der Waals surface area contributed by atoms with Crippen LogP contribution in [0.2, 0.25) is 0 Å². The minimum atomic E-state index is -1.57. The van der Waals surface area contributed by atoms with Crippen LogP contribution in [0.1, 0.15) is 19.4 Å². The number of piperazine rings is 1. The maximum atomic E-state index is 13.4. The van der Waals surface area contributed by atoms with Crippen molar-refractivity contribution < 1.29 is 18.7 Å². The molecule has 0 spiro atoms. The fourth-order valence-electron chi connectivity index (χ4n) is 4.10. The molecule has 0 saturated carbocycles. The second kappa shape index (κ2) is 8.07. The highest BCUT2D eigenvalue weighted by atomic mass is 19.1. The standard InChI is InChI=1S/C23H26FN3O3/c1-3-27-19-6-4-5-7-20(19)30-23(2,22(27)29)21(28)26-14-12-25(13-15-26)16-17-8-10-18(24)11-9-17/h4-11H,3,12-16H2,1-2H3. The second-order valence-corrected chi connectivity index (χ2v) is 7.85. The first kappa shape index (κ1) is 20.3. The third-order valence-corrected chi connectivity index (χ3v) is 5.83. The predicted octanol–water partition coefficient (Wildman–Crippen LogP) is 2.67. The Morgan fingerprint density at radius 2 is 1.73 bits per heavy atom. The average molecular weight is 411 g/mol. The summed E-state index contributed by atoms with van der Waals surface area (Å²) >= 11 is 0. The van der Waals surface area contributed by atoms with Crippen molar-refractivity contribution in [3.05, 3.63) is 59.9 Å². The number of nitrogens with zero attached hydrogens (tertiary/aromatic N) is 3. The Hall–Kier alpha value is -2.93. The van der Waals surface area contributed by atoms with Crippen molar-refractivity contribution in [2.24, 2.45) is 0 Å². The zero-order valence-electron chi connectivity index (χ0n) is 17.3. The minimum absolute atomic E-state index is 0.248. The SMILES string of the molecule is CCN1C(=O)C(C)(C(=O)N2CCN(Cc3ccc(F)cc3)CC2)Oc2ccccc21. The molecular formula is C23H26FN3O3. The molecule has 1 fully saturated rings. The van der Waals surface area contributed by atoms with Gasteiger partial charge < -0.3 is 14.5 Å². The van der Waals surface area contributed by atoms with E-state index < -0.39 is 5.60 Å². The number of amides is 2. The molecule has 1 atom stereocenters. The van der Waals surface area contributed by atoms with Crippen LogP contribution in [0.4, 0.5) is 10.1 Å². The molecule has 6 nitrogen and oxygen atoms in total. The van der Waals surface area contributed by atoms with Crippen LogP contribution in [0.15, 0.2) is 48.5 Å². The van der Waals surface area contributed by atoms with E-state index in [1.165, 1.54) is 12.1 Å². The lowest BCUT2D eigenvalue weighted by Crippen LogP contribution is -2.64. The van der Waals surface area contributed by atoms with Crippen LogP contribution in [0.5, 0.6) is 5.75 Å². The summed E-state index contributed by atoms with van der Waals surface area (Å²) in [7, 11) is 0. The number of carbonyl (C=O) groups excluding carboxylic acids is 2. The number of rotatable bonds is 4. The molecule has 0 bridgehead atoms. The van der Waals surface area contributed by atoms with Gasteiger partial charge in [-0.05, 0) is 43.7 Å². The molecule has 2 amide bonds. The van der Waals surface area contributed by atoms with Crippen LogP contribution in [-0.4, -0.2) is 59.9 Å². The Bertz CT molecular complexity index is 941. The number of carbonyl (C=O) groups is 2. The van der Waals surface area contributed by atoms with Crippen molar-refractivity contribution in [3.63, 3.8) is 0 Å². The molecule has 2 heterocycles. The molecular weight excluding hydrogens is 385 g/mol. The molecule has 7 heteroatoms. The number of hydrogen-bond acceptors (Lipinski definition) is 4. The van der Waals surface area contributed by atoms with Gasteiger partial charge in [0, 0.05) is 39.3 Å². The highest BCUT2D eigenvalue weighted by molar-refractivity contribution is 6.16. The summed E-state index contributed by atoms with van der Waals surface area (Å²) in [6.07, 6.45) is 0. The molecule has 2 aliphatic rings. The van der Waals surface area contributed by atoms with E-state index in [-0.39, 0.29) is 17.6 Å². The quantitative estimate of drug-likeness (QED) is 0.726. The maximum absolute atomic E-state index is 13.4. The van der Waals surface area contributed by atoms with Crippen molar-refractivity contribution in [2.45, 2.75) is 26.0 Å². The highest BCUT2D eigenvalue weighted by Gasteiger charge is 2.52. The Balaban J connectivity index is 1.44. The predicted molar refractivity (Wildman–Crippen MR) is 112 cm³/mol. The summed E-state index contributed by atoms with van der Waals surface area (Å²) in [4.78, 5) is 32.1. The topological polar surface area (TPSA) is 53.1 Å². The highest BCUT2D eigenvalue weighted by Crippen LogP contribution is 2.38. The average Bonchev–Trinajstić information content (AvgIpc) is 2.76. The Morgan fingerprint density at radius 3 is 2.40 bits per heavy atom. The van der Waals surface area contributed by atoms with E-state index >= 15 is 0 Å². The van der Waals surface area contributed by atoms with Gasteiger partial charge in [0.2, 0.25) is 0 Å². The number of para-hydroxylation sites is 2. The lowest BCUT2D eigenvalue weighted by molar-refractivity contribution is -0.157. The van der Waals surface area contributed by atoms with Gasteiger partial charge >= 0.3 is 0 Å². The van der Waals surface area contributed by atoms with Crippen LogP contribution >= 0.6 is 0 Å². The molecule has 2 aliphatic heterocycles. The van der Waals surface area contributed by atoms with Crippen LogP contribution in [0.25, 0.3) is 0 Å². The fourth-order valence-corrected chi connectivity index (χ4v) is 4.10. The molecule has 0 radical (unpaired) electrons. The van der Waals surface area contributed by atoms with Gasteiger partial charge in [0.05, 0.1) is 5.69 Å². The first-order chi connectivity index (χ1) is 14.4. The van der Waals surface area contributed by atoms with E-state index in [2.05, 4.69) is 4.90 Å². The molecule has 1 saturated heterocycles. The first-order valence-corrected chi connectivity index (χ1v) is 10.3. The van der Waals surface area contributed by atoms with Crippen LogP contribution in [-0.2, 0) is 16.1 Å². The molecule has 30 heavy (non-hydrogen) atoms. The monoisotopic (exact) mass is 411 g/mol. The molecule has 0 aliphatic carbocycles. The zero-order valence-corrected chi connectivity index (χ0v) is 17.3. The smallest absolute Gasteiger partial charge is 0.280 e. The van der Waals surface area contributed by atoms with Gasteiger partial charge in [0.25, 0.3) is 17.4 Å². The van der Waals surface area contributed by atoms with Gasteiger partial charge in [-0.2, -0.15) is 0 Å². The van der Waals surface area contributed by atoms with Crippen LogP contribution in [0.3, 0.4) is 0 Å². The van der Waals surface area contributed by atoms with E-state index in [9.17, 15) is 14.0 Å². The van der Waals surface area contributed by atoms with Gasteiger partial charge in [-0.1, -0.05) is 24.3 Å². The zero-order chi connectivity index (χ0) is 21.3. The molecule has 2 aromatic rings. The number of benzene rings is 2. The van der Waals surface area contributed by atoms with Gasteiger partial charge in [-0.15, -0.1) is 0 Å². The Kier molecular flexibility index (Phi) is 5.47. The number of ether oxygens (including phenoxy) is 1. The lowest BCUT2D eigenvalue weighted by atomic mass is 9.98. The van der Waals surface area contributed by atoms with Gasteiger partial charge in [0.1, 0.15) is 11.6 Å². The van der Waals surface area contributed by atoms with Crippen molar-refractivity contribution in [3.8, 4) is 5.75 Å². The minimum Gasteiger partial charge on any atom is -0.465 e.